The van der Waals surface area contributed by atoms with Gasteiger partial charge in [-0.3, -0.25) is 4.99 Å². The van der Waals surface area contributed by atoms with E-state index in [0.29, 0.717) is 0 Å². The molecule has 3 nitrogen and oxygen atoms in total. The van der Waals surface area contributed by atoms with E-state index in [-0.39, 0.29) is 0 Å². The molecule has 52 valence electrons. The molecule has 0 aromatic rings. The lowest BCUT2D eigenvalue weighted by Gasteiger charge is -2.14. The van der Waals surface area contributed by atoms with Gasteiger partial charge in [0.15, 0.2) is 5.82 Å². The molecule has 1 heterocycles. The third kappa shape index (κ3) is 1.31. The Kier molecular flexibility index (Phi) is 1.99. The molecule has 0 saturated heterocycles. The van der Waals surface area contributed by atoms with Gasteiger partial charge in [0, 0.05) is 19.5 Å². The van der Waals surface area contributed by atoms with Crippen molar-refractivity contribution in [3.8, 4) is 0 Å². The number of rotatable bonds is 1. The van der Waals surface area contributed by atoms with Gasteiger partial charge >= 0.3 is 0 Å². The molecule has 0 aromatic heterocycles. The monoisotopic (exact) mass is 135 g/mol. The van der Waals surface area contributed by atoms with E-state index in [4.69, 9.17) is 0 Å². The van der Waals surface area contributed by atoms with Crippen LogP contribution >= 0.6 is 0 Å². The van der Waals surface area contributed by atoms with Crippen LogP contribution in [0.1, 0.15) is 0 Å². The van der Waals surface area contributed by atoms with Gasteiger partial charge in [0.2, 0.25) is 0 Å². The van der Waals surface area contributed by atoms with Crippen LogP contribution in [0.2, 0.25) is 0 Å². The first-order valence-corrected chi connectivity index (χ1v) is 2.94. The van der Waals surface area contributed by atoms with Gasteiger partial charge in [-0.25, -0.2) is 4.99 Å². The van der Waals surface area contributed by atoms with E-state index >= 15 is 0 Å². The summed E-state index contributed by atoms with van der Waals surface area (Å²) in [7, 11) is 1.91. The fraction of sp³-hybridized carbons (Fsp3) is 0.143. The first kappa shape index (κ1) is 6.74. The zero-order chi connectivity index (χ0) is 7.40. The molecule has 0 unspecified atom stereocenters. The average Bonchev–Trinajstić information content (AvgIpc) is 1.94. The minimum Gasteiger partial charge on any atom is -0.335 e. The number of hydrogen-bond acceptors (Lipinski definition) is 3. The second-order valence-electron chi connectivity index (χ2n) is 1.90. The van der Waals surface area contributed by atoms with Crippen molar-refractivity contribution in [3.63, 3.8) is 0 Å². The average molecular weight is 135 g/mol. The summed E-state index contributed by atoms with van der Waals surface area (Å²) < 4.78 is 0. The van der Waals surface area contributed by atoms with E-state index in [1.807, 2.05) is 24.2 Å². The van der Waals surface area contributed by atoms with Crippen LogP contribution in [0.5, 0.6) is 0 Å². The molecule has 1 aliphatic rings. The zero-order valence-corrected chi connectivity index (χ0v) is 5.86. The summed E-state index contributed by atoms with van der Waals surface area (Å²) in [6.07, 6.45) is 7.10. The maximum absolute atomic E-state index is 4.04. The van der Waals surface area contributed by atoms with Gasteiger partial charge in [-0.05, 0) is 12.8 Å². The summed E-state index contributed by atoms with van der Waals surface area (Å²) in [6.45, 7) is 3.34. The van der Waals surface area contributed by atoms with Crippen molar-refractivity contribution in [2.45, 2.75) is 0 Å². The standard InChI is InChI=1S/C7H9N3/c1-8-6-7-9-4-3-5-10(7)2/h3-6H,1H2,2H3/b7-6-. The molecule has 0 atom stereocenters. The lowest BCUT2D eigenvalue weighted by molar-refractivity contribution is 0.557. The normalized spacial score (nSPS) is 20.1. The molecule has 0 saturated carbocycles. The van der Waals surface area contributed by atoms with Gasteiger partial charge in [-0.1, -0.05) is 0 Å². The molecule has 0 N–H and O–H groups in total. The molecule has 0 amide bonds. The van der Waals surface area contributed by atoms with E-state index in [2.05, 4.69) is 16.7 Å². The maximum Gasteiger partial charge on any atom is 0.150 e. The maximum atomic E-state index is 4.04. The molecule has 10 heavy (non-hydrogen) atoms. The van der Waals surface area contributed by atoms with Crippen LogP contribution in [-0.4, -0.2) is 24.9 Å². The largest absolute Gasteiger partial charge is 0.335 e. The molecular formula is C7H9N3. The summed E-state index contributed by atoms with van der Waals surface area (Å²) in [5, 5.41) is 0. The Morgan fingerprint density at radius 2 is 2.60 bits per heavy atom. The van der Waals surface area contributed by atoms with E-state index in [1.54, 1.807) is 12.4 Å². The van der Waals surface area contributed by atoms with Crippen molar-refractivity contribution in [3.05, 3.63) is 24.3 Å². The van der Waals surface area contributed by atoms with Crippen LogP contribution in [0, 0.1) is 0 Å². The number of nitrogens with zero attached hydrogens (tertiary/aromatic N) is 3. The summed E-state index contributed by atoms with van der Waals surface area (Å²) in [4.78, 5) is 9.52. The number of allylic oxidation sites excluding steroid dienone is 1. The first-order valence-electron chi connectivity index (χ1n) is 2.94. The number of hydrogen-bond donors (Lipinski definition) is 0. The van der Waals surface area contributed by atoms with Crippen molar-refractivity contribution in [2.24, 2.45) is 9.98 Å². The van der Waals surface area contributed by atoms with Crippen LogP contribution in [0.25, 0.3) is 0 Å². The highest BCUT2D eigenvalue weighted by molar-refractivity contribution is 5.73. The van der Waals surface area contributed by atoms with E-state index in [9.17, 15) is 0 Å². The molecule has 0 aromatic carbocycles. The highest BCUT2D eigenvalue weighted by atomic mass is 15.2. The molecule has 0 bridgehead atoms. The van der Waals surface area contributed by atoms with Crippen LogP contribution in [-0.2, 0) is 0 Å². The Labute approximate surface area is 60.1 Å². The fourth-order valence-corrected chi connectivity index (χ4v) is 0.660. The topological polar surface area (TPSA) is 28.0 Å². The van der Waals surface area contributed by atoms with Crippen molar-refractivity contribution in [2.75, 3.05) is 7.05 Å². The lowest BCUT2D eigenvalue weighted by Crippen LogP contribution is -2.10. The van der Waals surface area contributed by atoms with Crippen LogP contribution in [0.3, 0.4) is 0 Å². The van der Waals surface area contributed by atoms with Crippen LogP contribution < -0.4 is 0 Å². The fourth-order valence-electron chi connectivity index (χ4n) is 0.660. The Morgan fingerprint density at radius 3 is 3.20 bits per heavy atom. The van der Waals surface area contributed by atoms with Gasteiger partial charge in [-0.15, -0.1) is 0 Å². The van der Waals surface area contributed by atoms with E-state index < -0.39 is 0 Å². The smallest absolute Gasteiger partial charge is 0.150 e. The Morgan fingerprint density at radius 1 is 1.80 bits per heavy atom. The Hall–Kier alpha value is -1.38. The molecule has 0 fully saturated rings. The van der Waals surface area contributed by atoms with Crippen LogP contribution in [0.15, 0.2) is 34.3 Å². The highest BCUT2D eigenvalue weighted by Gasteiger charge is 1.99. The van der Waals surface area contributed by atoms with E-state index in [1.165, 1.54) is 0 Å². The van der Waals surface area contributed by atoms with E-state index in [0.717, 1.165) is 5.82 Å². The highest BCUT2D eigenvalue weighted by Crippen LogP contribution is 2.06. The third-order valence-electron chi connectivity index (χ3n) is 1.17. The molecule has 0 radical (unpaired) electrons. The summed E-state index contributed by atoms with van der Waals surface area (Å²) >= 11 is 0. The lowest BCUT2D eigenvalue weighted by atomic mass is 10.5. The predicted octanol–water partition coefficient (Wildman–Crippen LogP) is 1.02. The van der Waals surface area contributed by atoms with Gasteiger partial charge in [0.1, 0.15) is 0 Å². The molecule has 1 aliphatic heterocycles. The second kappa shape index (κ2) is 2.96. The molecule has 0 aliphatic carbocycles. The number of aliphatic imine (C=N–C) groups is 2. The van der Waals surface area contributed by atoms with Gasteiger partial charge < -0.3 is 4.90 Å². The predicted molar refractivity (Wildman–Crippen MR) is 43.0 cm³/mol. The first-order chi connectivity index (χ1) is 4.84. The van der Waals surface area contributed by atoms with Crippen molar-refractivity contribution >= 4 is 12.9 Å². The second-order valence-corrected chi connectivity index (χ2v) is 1.90. The summed E-state index contributed by atoms with van der Waals surface area (Å²) in [6, 6.07) is 0. The van der Waals surface area contributed by atoms with Crippen molar-refractivity contribution in [1.29, 1.82) is 0 Å². The Bertz CT molecular complexity index is 213. The molecule has 3 heteroatoms. The minimum atomic E-state index is 0.803. The minimum absolute atomic E-state index is 0.803. The van der Waals surface area contributed by atoms with Gasteiger partial charge in [-0.2, -0.15) is 0 Å². The Balaban J connectivity index is 2.79. The van der Waals surface area contributed by atoms with Gasteiger partial charge in [0.25, 0.3) is 0 Å². The van der Waals surface area contributed by atoms with Crippen molar-refractivity contribution < 1.29 is 0 Å². The molecule has 0 spiro atoms. The molecular weight excluding hydrogens is 126 g/mol. The summed E-state index contributed by atoms with van der Waals surface area (Å²) in [5.74, 6) is 0.803. The van der Waals surface area contributed by atoms with Crippen LogP contribution in [0.4, 0.5) is 0 Å². The summed E-state index contributed by atoms with van der Waals surface area (Å²) in [5.41, 5.74) is 0. The third-order valence-corrected chi connectivity index (χ3v) is 1.17. The quantitative estimate of drug-likeness (QED) is 0.493. The molecule has 1 rings (SSSR count). The zero-order valence-electron chi connectivity index (χ0n) is 5.86. The van der Waals surface area contributed by atoms with Crippen molar-refractivity contribution in [1.82, 2.24) is 4.90 Å². The SMILES string of the molecule is C=N/C=C1/N=CC=CN1C. The van der Waals surface area contributed by atoms with Gasteiger partial charge in [0.05, 0.1) is 6.20 Å².